The number of hydrogen-bond acceptors (Lipinski definition) is 7. The van der Waals surface area contributed by atoms with Crippen LogP contribution in [-0.4, -0.2) is 52.6 Å². The zero-order chi connectivity index (χ0) is 15.4. The lowest BCUT2D eigenvalue weighted by molar-refractivity contribution is -0.0242. The minimum atomic E-state index is 0.135. The van der Waals surface area contributed by atoms with Crippen molar-refractivity contribution >= 4 is 5.82 Å². The van der Waals surface area contributed by atoms with E-state index in [2.05, 4.69) is 25.6 Å². The highest BCUT2D eigenvalue weighted by Crippen LogP contribution is 2.17. The number of rotatable bonds is 5. The molecule has 1 saturated heterocycles. The molecule has 2 aromatic rings. The van der Waals surface area contributed by atoms with Gasteiger partial charge < -0.3 is 14.6 Å². The summed E-state index contributed by atoms with van der Waals surface area (Å²) in [7, 11) is 0. The lowest BCUT2D eigenvalue weighted by Crippen LogP contribution is -2.45. The number of ether oxygens (including phenoxy) is 1. The van der Waals surface area contributed by atoms with Crippen LogP contribution in [0.4, 0.5) is 5.82 Å². The summed E-state index contributed by atoms with van der Waals surface area (Å²) in [6, 6.07) is 3.76. The van der Waals surface area contributed by atoms with E-state index in [0.29, 0.717) is 0 Å². The highest BCUT2D eigenvalue weighted by molar-refractivity contribution is 5.31. The fourth-order valence-electron chi connectivity index (χ4n) is 2.61. The van der Waals surface area contributed by atoms with Gasteiger partial charge in [-0.2, -0.15) is 5.10 Å². The van der Waals surface area contributed by atoms with Gasteiger partial charge in [0, 0.05) is 37.9 Å². The van der Waals surface area contributed by atoms with Crippen LogP contribution in [0.5, 0.6) is 0 Å². The summed E-state index contributed by atoms with van der Waals surface area (Å²) in [6.07, 6.45) is 1.80. The number of nitrogens with zero attached hydrogens (tertiary/aromatic N) is 4. The van der Waals surface area contributed by atoms with Crippen molar-refractivity contribution in [2.24, 2.45) is 0 Å². The molecule has 7 nitrogen and oxygen atoms in total. The van der Waals surface area contributed by atoms with E-state index in [4.69, 9.17) is 9.26 Å². The number of aryl methyl sites for hydroxylation is 2. The number of morpholine rings is 1. The van der Waals surface area contributed by atoms with E-state index in [1.54, 1.807) is 6.20 Å². The van der Waals surface area contributed by atoms with E-state index in [0.717, 1.165) is 50.1 Å². The van der Waals surface area contributed by atoms with Gasteiger partial charge in [0.1, 0.15) is 11.6 Å². The standard InChI is InChI=1S/C15H21N5O2/c1-11-14(12(2)22-19-11)10-20-6-7-21-13(9-20)8-16-15-4-3-5-17-18-15/h3-5,13H,6-10H2,1-2H3,(H,16,18). The number of hydrogen-bond donors (Lipinski definition) is 1. The van der Waals surface area contributed by atoms with Crippen molar-refractivity contribution in [1.82, 2.24) is 20.3 Å². The van der Waals surface area contributed by atoms with Crippen molar-refractivity contribution in [3.63, 3.8) is 0 Å². The summed E-state index contributed by atoms with van der Waals surface area (Å²) >= 11 is 0. The van der Waals surface area contributed by atoms with Crippen molar-refractivity contribution in [2.45, 2.75) is 26.5 Å². The largest absolute Gasteiger partial charge is 0.374 e. The van der Waals surface area contributed by atoms with E-state index in [9.17, 15) is 0 Å². The average Bonchev–Trinajstić information content (AvgIpc) is 2.86. The average molecular weight is 303 g/mol. The predicted molar refractivity (Wildman–Crippen MR) is 81.5 cm³/mol. The molecule has 2 aromatic heterocycles. The first-order valence-electron chi connectivity index (χ1n) is 7.49. The maximum absolute atomic E-state index is 5.82. The van der Waals surface area contributed by atoms with E-state index < -0.39 is 0 Å². The van der Waals surface area contributed by atoms with Gasteiger partial charge in [0.05, 0.1) is 18.4 Å². The van der Waals surface area contributed by atoms with Gasteiger partial charge in [0.2, 0.25) is 0 Å². The Morgan fingerprint density at radius 1 is 1.41 bits per heavy atom. The lowest BCUT2D eigenvalue weighted by Gasteiger charge is -2.33. The molecule has 1 N–H and O–H groups in total. The molecule has 0 aromatic carbocycles. The molecule has 1 fully saturated rings. The van der Waals surface area contributed by atoms with E-state index in [1.807, 2.05) is 26.0 Å². The molecule has 3 heterocycles. The van der Waals surface area contributed by atoms with Crippen LogP contribution in [0.3, 0.4) is 0 Å². The third-order valence-electron chi connectivity index (χ3n) is 3.87. The van der Waals surface area contributed by atoms with Gasteiger partial charge in [0.15, 0.2) is 0 Å². The first-order valence-corrected chi connectivity index (χ1v) is 7.49. The molecule has 0 bridgehead atoms. The molecule has 0 aliphatic carbocycles. The highest BCUT2D eigenvalue weighted by Gasteiger charge is 2.22. The van der Waals surface area contributed by atoms with Crippen molar-refractivity contribution in [3.05, 3.63) is 35.3 Å². The summed E-state index contributed by atoms with van der Waals surface area (Å²) in [6.45, 7) is 8.05. The second-order valence-corrected chi connectivity index (χ2v) is 5.52. The number of nitrogens with one attached hydrogen (secondary N) is 1. The monoisotopic (exact) mass is 303 g/mol. The van der Waals surface area contributed by atoms with Crippen molar-refractivity contribution in [1.29, 1.82) is 0 Å². The Balaban J connectivity index is 1.53. The molecule has 1 aliphatic heterocycles. The normalized spacial score (nSPS) is 19.3. The maximum Gasteiger partial charge on any atom is 0.148 e. The van der Waals surface area contributed by atoms with Crippen LogP contribution in [0.1, 0.15) is 17.0 Å². The van der Waals surface area contributed by atoms with Crippen LogP contribution < -0.4 is 5.32 Å². The Kier molecular flexibility index (Phi) is 4.65. The first-order chi connectivity index (χ1) is 10.7. The molecule has 1 aliphatic rings. The van der Waals surface area contributed by atoms with Gasteiger partial charge in [-0.1, -0.05) is 5.16 Å². The van der Waals surface area contributed by atoms with Crippen molar-refractivity contribution in [3.8, 4) is 0 Å². The number of aromatic nitrogens is 3. The Hall–Kier alpha value is -1.99. The van der Waals surface area contributed by atoms with E-state index in [1.165, 1.54) is 5.56 Å². The second-order valence-electron chi connectivity index (χ2n) is 5.52. The molecule has 0 spiro atoms. The van der Waals surface area contributed by atoms with Crippen molar-refractivity contribution in [2.75, 3.05) is 31.6 Å². The molecule has 3 rings (SSSR count). The lowest BCUT2D eigenvalue weighted by atomic mass is 10.1. The number of anilines is 1. The van der Waals surface area contributed by atoms with Gasteiger partial charge >= 0.3 is 0 Å². The first kappa shape index (κ1) is 14.9. The molecule has 0 radical (unpaired) electrons. The zero-order valence-electron chi connectivity index (χ0n) is 13.0. The molecule has 7 heteroatoms. The van der Waals surface area contributed by atoms with E-state index >= 15 is 0 Å². The van der Waals surface area contributed by atoms with Gasteiger partial charge in [-0.25, -0.2) is 0 Å². The van der Waals surface area contributed by atoms with Gasteiger partial charge in [-0.15, -0.1) is 5.10 Å². The maximum atomic E-state index is 5.82. The minimum absolute atomic E-state index is 0.135. The smallest absolute Gasteiger partial charge is 0.148 e. The van der Waals surface area contributed by atoms with Gasteiger partial charge in [-0.05, 0) is 26.0 Å². The van der Waals surface area contributed by atoms with E-state index in [-0.39, 0.29) is 6.10 Å². The van der Waals surface area contributed by atoms with Crippen LogP contribution in [0.25, 0.3) is 0 Å². The van der Waals surface area contributed by atoms with Gasteiger partial charge in [-0.3, -0.25) is 4.90 Å². The Bertz CT molecular complexity index is 582. The van der Waals surface area contributed by atoms with Crippen LogP contribution in [0, 0.1) is 13.8 Å². The summed E-state index contributed by atoms with van der Waals surface area (Å²) in [5.74, 6) is 1.67. The third-order valence-corrected chi connectivity index (χ3v) is 3.87. The fourth-order valence-corrected chi connectivity index (χ4v) is 2.61. The molecule has 1 atom stereocenters. The minimum Gasteiger partial charge on any atom is -0.374 e. The quantitative estimate of drug-likeness (QED) is 0.894. The zero-order valence-corrected chi connectivity index (χ0v) is 13.0. The Labute approximate surface area is 129 Å². The molecule has 118 valence electrons. The Morgan fingerprint density at radius 2 is 2.32 bits per heavy atom. The summed E-state index contributed by atoms with van der Waals surface area (Å²) in [5, 5.41) is 15.1. The molecular weight excluding hydrogens is 282 g/mol. The van der Waals surface area contributed by atoms with Crippen molar-refractivity contribution < 1.29 is 9.26 Å². The van der Waals surface area contributed by atoms with Gasteiger partial charge in [0.25, 0.3) is 0 Å². The molecular formula is C15H21N5O2. The third kappa shape index (κ3) is 3.61. The van der Waals surface area contributed by atoms with Crippen LogP contribution in [0.15, 0.2) is 22.9 Å². The highest BCUT2D eigenvalue weighted by atomic mass is 16.5. The topological polar surface area (TPSA) is 76.3 Å². The fraction of sp³-hybridized carbons (Fsp3) is 0.533. The summed E-state index contributed by atoms with van der Waals surface area (Å²) < 4.78 is 11.1. The SMILES string of the molecule is Cc1noc(C)c1CN1CCOC(CNc2cccnn2)C1. The van der Waals surface area contributed by atoms with Crippen LogP contribution >= 0.6 is 0 Å². The molecule has 0 saturated carbocycles. The van der Waals surface area contributed by atoms with Crippen LogP contribution in [0.2, 0.25) is 0 Å². The second kappa shape index (κ2) is 6.85. The Morgan fingerprint density at radius 3 is 3.05 bits per heavy atom. The molecule has 1 unspecified atom stereocenters. The summed E-state index contributed by atoms with van der Waals surface area (Å²) in [4.78, 5) is 2.37. The summed E-state index contributed by atoms with van der Waals surface area (Å²) in [5.41, 5.74) is 2.15. The molecule has 22 heavy (non-hydrogen) atoms. The van der Waals surface area contributed by atoms with Crippen LogP contribution in [-0.2, 0) is 11.3 Å². The molecule has 0 amide bonds. The predicted octanol–water partition coefficient (Wildman–Crippen LogP) is 1.39.